The van der Waals surface area contributed by atoms with Crippen LogP contribution < -0.4 is 5.43 Å². The van der Waals surface area contributed by atoms with Gasteiger partial charge in [0.05, 0.1) is 18.4 Å². The van der Waals surface area contributed by atoms with E-state index in [2.05, 4.69) is 25.7 Å². The summed E-state index contributed by atoms with van der Waals surface area (Å²) in [5, 5.41) is 10.5. The third-order valence-electron chi connectivity index (χ3n) is 1.92. The number of anilines is 1. The second-order valence-electron chi connectivity index (χ2n) is 2.81. The van der Waals surface area contributed by atoms with Crippen molar-refractivity contribution >= 4 is 11.7 Å². The van der Waals surface area contributed by atoms with Crippen molar-refractivity contribution < 1.29 is 4.74 Å². The molecule has 13 heavy (non-hydrogen) atoms. The molecule has 0 amide bonds. The van der Waals surface area contributed by atoms with Gasteiger partial charge in [0, 0.05) is 6.42 Å². The molecule has 0 bridgehead atoms. The third-order valence-corrected chi connectivity index (χ3v) is 1.92. The van der Waals surface area contributed by atoms with Crippen LogP contribution in [0.4, 0.5) is 5.95 Å². The summed E-state index contributed by atoms with van der Waals surface area (Å²) in [6, 6.07) is 0. The molecule has 2 rings (SSSR count). The first-order valence-corrected chi connectivity index (χ1v) is 4.15. The van der Waals surface area contributed by atoms with Crippen LogP contribution in [0.3, 0.4) is 0 Å². The minimum atomic E-state index is 0.107. The Bertz CT molecular complexity index is 294. The summed E-state index contributed by atoms with van der Waals surface area (Å²) in [5.41, 5.74) is 3.79. The molecule has 1 atom stereocenters. The fraction of sp³-hybridized carbons (Fsp3) is 0.571. The summed E-state index contributed by atoms with van der Waals surface area (Å²) in [4.78, 5) is 3.88. The van der Waals surface area contributed by atoms with E-state index in [0.29, 0.717) is 5.95 Å². The predicted molar refractivity (Wildman–Crippen MR) is 47.5 cm³/mol. The van der Waals surface area contributed by atoms with Gasteiger partial charge in [0.15, 0.2) is 0 Å². The molecule has 70 valence electrons. The number of hydrogen-bond donors (Lipinski definition) is 2. The second kappa shape index (κ2) is 3.53. The number of hydrazone groups is 1. The highest BCUT2D eigenvalue weighted by Crippen LogP contribution is 2.09. The van der Waals surface area contributed by atoms with E-state index in [1.165, 1.54) is 6.33 Å². The Morgan fingerprint density at radius 2 is 2.69 bits per heavy atom. The Morgan fingerprint density at radius 1 is 1.77 bits per heavy atom. The van der Waals surface area contributed by atoms with Gasteiger partial charge >= 0.3 is 0 Å². The maximum absolute atomic E-state index is 5.32. The molecule has 1 unspecified atom stereocenters. The van der Waals surface area contributed by atoms with Crippen molar-refractivity contribution in [2.75, 3.05) is 12.0 Å². The van der Waals surface area contributed by atoms with Gasteiger partial charge in [0.25, 0.3) is 0 Å². The van der Waals surface area contributed by atoms with Crippen LogP contribution in [-0.2, 0) is 4.74 Å². The van der Waals surface area contributed by atoms with Gasteiger partial charge in [-0.15, -0.1) is 0 Å². The molecule has 1 aliphatic heterocycles. The molecule has 1 aromatic heterocycles. The molecule has 0 aliphatic carbocycles. The fourth-order valence-corrected chi connectivity index (χ4v) is 1.17. The van der Waals surface area contributed by atoms with Crippen LogP contribution >= 0.6 is 0 Å². The van der Waals surface area contributed by atoms with Crippen LogP contribution in [0.15, 0.2) is 11.4 Å². The van der Waals surface area contributed by atoms with Crippen LogP contribution in [-0.4, -0.2) is 33.6 Å². The van der Waals surface area contributed by atoms with Crippen LogP contribution in [0.2, 0.25) is 0 Å². The standard InChI is InChI=1S/C7H11N5O/c1-5-6(2-3-13-5)10-12-7-8-4-9-11-7/h4-5H,2-3H2,1H3,(H2,8,9,11,12)/b10-6+. The highest BCUT2D eigenvalue weighted by Gasteiger charge is 2.18. The smallest absolute Gasteiger partial charge is 0.239 e. The van der Waals surface area contributed by atoms with Gasteiger partial charge in [-0.05, 0) is 6.92 Å². The van der Waals surface area contributed by atoms with Crippen molar-refractivity contribution in [3.63, 3.8) is 0 Å². The van der Waals surface area contributed by atoms with Crippen molar-refractivity contribution in [1.82, 2.24) is 15.2 Å². The molecule has 6 heteroatoms. The van der Waals surface area contributed by atoms with Gasteiger partial charge in [-0.25, -0.2) is 10.5 Å². The lowest BCUT2D eigenvalue weighted by atomic mass is 10.2. The number of rotatable bonds is 2. The van der Waals surface area contributed by atoms with Gasteiger partial charge in [-0.2, -0.15) is 15.2 Å². The number of aromatic amines is 1. The number of aromatic nitrogens is 3. The van der Waals surface area contributed by atoms with Gasteiger partial charge < -0.3 is 4.74 Å². The lowest BCUT2D eigenvalue weighted by Crippen LogP contribution is -2.12. The van der Waals surface area contributed by atoms with E-state index in [1.807, 2.05) is 6.92 Å². The Kier molecular flexibility index (Phi) is 2.22. The first-order valence-electron chi connectivity index (χ1n) is 4.15. The lowest BCUT2D eigenvalue weighted by molar-refractivity contribution is 0.145. The summed E-state index contributed by atoms with van der Waals surface area (Å²) in [7, 11) is 0. The van der Waals surface area contributed by atoms with Gasteiger partial charge in [0.1, 0.15) is 6.33 Å². The summed E-state index contributed by atoms with van der Waals surface area (Å²) < 4.78 is 5.32. The van der Waals surface area contributed by atoms with E-state index in [1.54, 1.807) is 0 Å². The van der Waals surface area contributed by atoms with Gasteiger partial charge in [0.2, 0.25) is 5.95 Å². The highest BCUT2D eigenvalue weighted by atomic mass is 16.5. The maximum atomic E-state index is 5.32. The van der Waals surface area contributed by atoms with E-state index in [0.717, 1.165) is 18.7 Å². The van der Waals surface area contributed by atoms with Crippen molar-refractivity contribution in [1.29, 1.82) is 0 Å². The Labute approximate surface area is 75.4 Å². The van der Waals surface area contributed by atoms with Crippen molar-refractivity contribution in [3.05, 3.63) is 6.33 Å². The van der Waals surface area contributed by atoms with Crippen molar-refractivity contribution in [3.8, 4) is 0 Å². The van der Waals surface area contributed by atoms with Crippen LogP contribution in [0.1, 0.15) is 13.3 Å². The van der Waals surface area contributed by atoms with Crippen LogP contribution in [0.5, 0.6) is 0 Å². The van der Waals surface area contributed by atoms with Crippen molar-refractivity contribution in [2.45, 2.75) is 19.4 Å². The Hall–Kier alpha value is -1.43. The zero-order valence-corrected chi connectivity index (χ0v) is 7.32. The summed E-state index contributed by atoms with van der Waals surface area (Å²) in [5.74, 6) is 0.548. The van der Waals surface area contributed by atoms with E-state index in [-0.39, 0.29) is 6.10 Å². The zero-order chi connectivity index (χ0) is 9.10. The van der Waals surface area contributed by atoms with Gasteiger partial charge in [-0.1, -0.05) is 0 Å². The Morgan fingerprint density at radius 3 is 3.31 bits per heavy atom. The Balaban J connectivity index is 1.97. The summed E-state index contributed by atoms with van der Waals surface area (Å²) in [6.45, 7) is 2.73. The normalized spacial score (nSPS) is 25.3. The minimum absolute atomic E-state index is 0.107. The average molecular weight is 181 g/mol. The maximum Gasteiger partial charge on any atom is 0.239 e. The quantitative estimate of drug-likeness (QED) is 0.647. The SMILES string of the molecule is CC1OCC/C1=N\Nc1ncn[nH]1. The first-order chi connectivity index (χ1) is 6.36. The largest absolute Gasteiger partial charge is 0.372 e. The molecule has 0 aromatic carbocycles. The summed E-state index contributed by atoms with van der Waals surface area (Å²) in [6.07, 6.45) is 2.41. The first kappa shape index (κ1) is 8.18. The minimum Gasteiger partial charge on any atom is -0.372 e. The van der Waals surface area contributed by atoms with E-state index in [4.69, 9.17) is 4.74 Å². The molecule has 0 spiro atoms. The van der Waals surface area contributed by atoms with E-state index < -0.39 is 0 Å². The van der Waals surface area contributed by atoms with E-state index >= 15 is 0 Å². The molecular weight excluding hydrogens is 170 g/mol. The van der Waals surface area contributed by atoms with Crippen LogP contribution in [0.25, 0.3) is 0 Å². The molecule has 1 aromatic rings. The molecule has 2 N–H and O–H groups in total. The molecule has 1 saturated heterocycles. The lowest BCUT2D eigenvalue weighted by Gasteiger charge is -2.01. The molecule has 2 heterocycles. The third kappa shape index (κ3) is 1.83. The molecule has 1 fully saturated rings. The number of hydrogen-bond acceptors (Lipinski definition) is 5. The topological polar surface area (TPSA) is 75.2 Å². The fourth-order valence-electron chi connectivity index (χ4n) is 1.17. The van der Waals surface area contributed by atoms with Crippen LogP contribution in [0, 0.1) is 0 Å². The number of ether oxygens (including phenoxy) is 1. The average Bonchev–Trinajstić information content (AvgIpc) is 2.72. The molecule has 0 radical (unpaired) electrons. The molecule has 1 aliphatic rings. The van der Waals surface area contributed by atoms with Crippen molar-refractivity contribution in [2.24, 2.45) is 5.10 Å². The van der Waals surface area contributed by atoms with E-state index in [9.17, 15) is 0 Å². The molecular formula is C7H11N5O. The van der Waals surface area contributed by atoms with Gasteiger partial charge in [-0.3, -0.25) is 0 Å². The monoisotopic (exact) mass is 181 g/mol. The number of nitrogens with zero attached hydrogens (tertiary/aromatic N) is 3. The number of nitrogens with one attached hydrogen (secondary N) is 2. The number of H-pyrrole nitrogens is 1. The second-order valence-corrected chi connectivity index (χ2v) is 2.81. The zero-order valence-electron chi connectivity index (χ0n) is 7.32. The molecule has 6 nitrogen and oxygen atoms in total. The predicted octanol–water partition coefficient (Wildman–Crippen LogP) is 0.381. The highest BCUT2D eigenvalue weighted by molar-refractivity contribution is 5.90. The summed E-state index contributed by atoms with van der Waals surface area (Å²) >= 11 is 0. The molecule has 0 saturated carbocycles.